The zero-order valence-corrected chi connectivity index (χ0v) is 17.6. The lowest BCUT2D eigenvalue weighted by molar-refractivity contribution is -0.121. The van der Waals surface area contributed by atoms with Crippen molar-refractivity contribution in [3.05, 3.63) is 77.3 Å². The van der Waals surface area contributed by atoms with Gasteiger partial charge in [-0.1, -0.05) is 24.3 Å². The third kappa shape index (κ3) is 2.39. The molecular weight excluding hydrogens is 410 g/mol. The molecule has 1 spiro atoms. The maximum absolute atomic E-state index is 13.9. The van der Waals surface area contributed by atoms with Gasteiger partial charge in [0.15, 0.2) is 0 Å². The number of fused-ring (bicyclic) bond motifs is 3. The van der Waals surface area contributed by atoms with E-state index in [2.05, 4.69) is 15.3 Å². The lowest BCUT2D eigenvalue weighted by Gasteiger charge is -2.33. The molecule has 2 aliphatic heterocycles. The monoisotopic (exact) mass is 429 g/mol. The lowest BCUT2D eigenvalue weighted by atomic mass is 9.74. The highest BCUT2D eigenvalue weighted by Gasteiger charge is 2.60. The Bertz CT molecular complexity index is 1360. The highest BCUT2D eigenvalue weighted by Crippen LogP contribution is 2.54. The largest absolute Gasteiger partial charge is 0.336 e. The molecule has 0 bridgehead atoms. The summed E-state index contributed by atoms with van der Waals surface area (Å²) in [5.74, 6) is 0.527. The molecule has 2 aromatic heterocycles. The van der Waals surface area contributed by atoms with E-state index >= 15 is 0 Å². The van der Waals surface area contributed by atoms with Gasteiger partial charge in [0.1, 0.15) is 17.3 Å². The number of hydrogen-bond donors (Lipinski definition) is 1. The zero-order valence-electron chi connectivity index (χ0n) is 16.8. The Labute approximate surface area is 182 Å². The number of likely N-dealkylation sites (tertiary alicyclic amines) is 1. The standard InChI is InChI=1S/C23H19N5O2S/c1-27-12-10-24-20(27)19-23(15-6-2-3-7-16(15)26-22(23)30)9-11-28(19)21(29)14-5-4-8-17-18(14)31-13-25-17/h2-8,10,12-13,19H,9,11H2,1H3,(H,26,30)/t19-,23+/m0/s1. The van der Waals surface area contributed by atoms with E-state index in [1.165, 1.54) is 11.3 Å². The maximum atomic E-state index is 13.9. The van der Waals surface area contributed by atoms with Gasteiger partial charge in [-0.15, -0.1) is 11.3 Å². The van der Waals surface area contributed by atoms with Gasteiger partial charge >= 0.3 is 0 Å². The summed E-state index contributed by atoms with van der Waals surface area (Å²) in [7, 11) is 1.90. The van der Waals surface area contributed by atoms with Crippen LogP contribution in [0.3, 0.4) is 0 Å². The first-order chi connectivity index (χ1) is 15.1. The Morgan fingerprint density at radius 2 is 2.06 bits per heavy atom. The van der Waals surface area contributed by atoms with Crippen molar-refractivity contribution in [3.8, 4) is 0 Å². The van der Waals surface area contributed by atoms with E-state index in [9.17, 15) is 9.59 Å². The number of rotatable bonds is 2. The van der Waals surface area contributed by atoms with Gasteiger partial charge in [-0.3, -0.25) is 9.59 Å². The van der Waals surface area contributed by atoms with Crippen LogP contribution in [-0.2, 0) is 17.3 Å². The number of hydrogen-bond acceptors (Lipinski definition) is 5. The van der Waals surface area contributed by atoms with Crippen molar-refractivity contribution in [2.45, 2.75) is 17.9 Å². The van der Waals surface area contributed by atoms with Gasteiger partial charge in [0.05, 0.1) is 21.3 Å². The number of aromatic nitrogens is 3. The molecule has 0 saturated carbocycles. The summed E-state index contributed by atoms with van der Waals surface area (Å²) in [5.41, 5.74) is 4.05. The second-order valence-electron chi connectivity index (χ2n) is 8.02. The quantitative estimate of drug-likeness (QED) is 0.529. The molecule has 2 amide bonds. The summed E-state index contributed by atoms with van der Waals surface area (Å²) in [4.78, 5) is 38.1. The molecule has 154 valence electrons. The molecule has 1 N–H and O–H groups in total. The molecule has 1 saturated heterocycles. The average molecular weight is 430 g/mol. The molecule has 0 aliphatic carbocycles. The van der Waals surface area contributed by atoms with Crippen LogP contribution in [0.5, 0.6) is 0 Å². The molecule has 2 aromatic carbocycles. The third-order valence-corrected chi connectivity index (χ3v) is 7.41. The number of anilines is 1. The fourth-order valence-electron chi connectivity index (χ4n) is 5.11. The predicted molar refractivity (Wildman–Crippen MR) is 118 cm³/mol. The topological polar surface area (TPSA) is 80.1 Å². The van der Waals surface area contributed by atoms with Gasteiger partial charge in [0.25, 0.3) is 5.91 Å². The van der Waals surface area contributed by atoms with Crippen LogP contribution in [0.2, 0.25) is 0 Å². The first kappa shape index (κ1) is 18.3. The van der Waals surface area contributed by atoms with Gasteiger partial charge in [0, 0.05) is 31.7 Å². The van der Waals surface area contributed by atoms with E-state index in [1.54, 1.807) is 11.7 Å². The summed E-state index contributed by atoms with van der Waals surface area (Å²) in [6.45, 7) is 0.466. The summed E-state index contributed by atoms with van der Waals surface area (Å²) in [5, 5.41) is 3.04. The average Bonchev–Trinajstić information content (AvgIpc) is 3.55. The molecule has 6 rings (SSSR count). The first-order valence-corrected chi connectivity index (χ1v) is 11.0. The minimum Gasteiger partial charge on any atom is -0.336 e. The predicted octanol–water partition coefficient (Wildman–Crippen LogP) is 3.51. The molecule has 0 unspecified atom stereocenters. The van der Waals surface area contributed by atoms with E-state index in [1.807, 2.05) is 65.2 Å². The molecule has 31 heavy (non-hydrogen) atoms. The summed E-state index contributed by atoms with van der Waals surface area (Å²) >= 11 is 1.46. The molecule has 2 aliphatic rings. The van der Waals surface area contributed by atoms with Crippen molar-refractivity contribution in [3.63, 3.8) is 0 Å². The number of para-hydroxylation sites is 1. The molecule has 8 heteroatoms. The van der Waals surface area contributed by atoms with Crippen LogP contribution in [-0.4, -0.2) is 37.8 Å². The normalized spacial score (nSPS) is 22.3. The first-order valence-electron chi connectivity index (χ1n) is 10.1. The number of carbonyl (C=O) groups excluding carboxylic acids is 2. The van der Waals surface area contributed by atoms with Crippen molar-refractivity contribution < 1.29 is 9.59 Å². The van der Waals surface area contributed by atoms with Crippen LogP contribution < -0.4 is 5.32 Å². The van der Waals surface area contributed by atoms with Crippen LogP contribution in [0.25, 0.3) is 10.2 Å². The summed E-state index contributed by atoms with van der Waals surface area (Å²) < 4.78 is 2.77. The second-order valence-corrected chi connectivity index (χ2v) is 8.88. The second kappa shape index (κ2) is 6.49. The number of nitrogens with zero attached hydrogens (tertiary/aromatic N) is 4. The van der Waals surface area contributed by atoms with Gasteiger partial charge < -0.3 is 14.8 Å². The number of nitrogens with one attached hydrogen (secondary N) is 1. The SMILES string of the molecule is Cn1ccnc1[C@@H]1N(C(=O)c2cccc3ncsc23)CC[C@]12C(=O)Nc1ccccc12. The number of benzene rings is 2. The van der Waals surface area contributed by atoms with Crippen LogP contribution in [0.15, 0.2) is 60.4 Å². The van der Waals surface area contributed by atoms with E-state index in [-0.39, 0.29) is 11.8 Å². The van der Waals surface area contributed by atoms with Crippen LogP contribution in [0, 0.1) is 0 Å². The Morgan fingerprint density at radius 3 is 2.90 bits per heavy atom. The van der Waals surface area contributed by atoms with E-state index in [4.69, 9.17) is 0 Å². The number of aryl methyl sites for hydroxylation is 1. The molecule has 4 aromatic rings. The minimum atomic E-state index is -0.868. The molecular formula is C23H19N5O2S. The smallest absolute Gasteiger partial charge is 0.256 e. The van der Waals surface area contributed by atoms with Crippen molar-refractivity contribution in [2.24, 2.45) is 7.05 Å². The Hall–Kier alpha value is -3.52. The van der Waals surface area contributed by atoms with Gasteiger partial charge in [-0.2, -0.15) is 0 Å². The van der Waals surface area contributed by atoms with Crippen LogP contribution in [0.1, 0.15) is 34.2 Å². The third-order valence-electron chi connectivity index (χ3n) is 6.54. The Kier molecular flexibility index (Phi) is 3.82. The highest BCUT2D eigenvalue weighted by molar-refractivity contribution is 7.17. The van der Waals surface area contributed by atoms with Crippen molar-refractivity contribution in [2.75, 3.05) is 11.9 Å². The molecule has 4 heterocycles. The lowest BCUT2D eigenvalue weighted by Crippen LogP contribution is -2.43. The van der Waals surface area contributed by atoms with Gasteiger partial charge in [-0.05, 0) is 30.2 Å². The number of thiazole rings is 1. The number of amides is 2. The van der Waals surface area contributed by atoms with Crippen molar-refractivity contribution in [1.29, 1.82) is 0 Å². The summed E-state index contributed by atoms with van der Waals surface area (Å²) in [6, 6.07) is 12.9. The molecule has 7 nitrogen and oxygen atoms in total. The van der Waals surface area contributed by atoms with Crippen molar-refractivity contribution >= 4 is 39.1 Å². The Morgan fingerprint density at radius 1 is 1.19 bits per heavy atom. The van der Waals surface area contributed by atoms with Crippen LogP contribution in [0.4, 0.5) is 5.69 Å². The number of carbonyl (C=O) groups is 2. The summed E-state index contributed by atoms with van der Waals surface area (Å²) in [6.07, 6.45) is 4.11. The molecule has 0 radical (unpaired) electrons. The van der Waals surface area contributed by atoms with Crippen LogP contribution >= 0.6 is 11.3 Å². The van der Waals surface area contributed by atoms with E-state index in [0.29, 0.717) is 24.4 Å². The zero-order chi connectivity index (χ0) is 21.2. The molecule has 2 atom stereocenters. The maximum Gasteiger partial charge on any atom is 0.256 e. The number of imidazole rings is 1. The highest BCUT2D eigenvalue weighted by atomic mass is 32.1. The Balaban J connectivity index is 1.54. The van der Waals surface area contributed by atoms with Gasteiger partial charge in [-0.25, -0.2) is 9.97 Å². The fraction of sp³-hybridized carbons (Fsp3) is 0.217. The van der Waals surface area contributed by atoms with Gasteiger partial charge in [0.2, 0.25) is 5.91 Å². The van der Waals surface area contributed by atoms with E-state index < -0.39 is 11.5 Å². The van der Waals surface area contributed by atoms with Crippen molar-refractivity contribution in [1.82, 2.24) is 19.4 Å². The fourth-order valence-corrected chi connectivity index (χ4v) is 5.91. The molecule has 1 fully saturated rings. The van der Waals surface area contributed by atoms with E-state index in [0.717, 1.165) is 21.5 Å². The minimum absolute atomic E-state index is 0.0759.